The van der Waals surface area contributed by atoms with E-state index in [1.165, 1.54) is 19.0 Å². The number of nitrogens with zero attached hydrogens (tertiary/aromatic N) is 2. The third-order valence-electron chi connectivity index (χ3n) is 3.64. The molecule has 0 heterocycles. The molecule has 1 rings (SSSR count). The van der Waals surface area contributed by atoms with Gasteiger partial charge < -0.3 is 19.9 Å². The van der Waals surface area contributed by atoms with E-state index in [9.17, 15) is 14.4 Å². The van der Waals surface area contributed by atoms with Crippen molar-refractivity contribution >= 4 is 23.5 Å². The summed E-state index contributed by atoms with van der Waals surface area (Å²) in [5.41, 5.74) is 1.41. The zero-order valence-corrected chi connectivity index (χ0v) is 14.7. The molecule has 0 bridgehead atoms. The second kappa shape index (κ2) is 9.54. The Labute approximate surface area is 142 Å². The summed E-state index contributed by atoms with van der Waals surface area (Å²) in [6, 6.07) is 7.05. The quantitative estimate of drug-likeness (QED) is 0.714. The van der Waals surface area contributed by atoms with Crippen LogP contribution in [-0.2, 0) is 14.3 Å². The third-order valence-corrected chi connectivity index (χ3v) is 3.64. The van der Waals surface area contributed by atoms with E-state index in [0.717, 1.165) is 18.8 Å². The van der Waals surface area contributed by atoms with Gasteiger partial charge in [-0.25, -0.2) is 4.79 Å². The predicted octanol–water partition coefficient (Wildman–Crippen LogP) is 0.894. The van der Waals surface area contributed by atoms with Crippen molar-refractivity contribution in [3.8, 4) is 0 Å². The number of nitrogens with one attached hydrogen (secondary N) is 1. The van der Waals surface area contributed by atoms with E-state index in [-0.39, 0.29) is 12.5 Å². The van der Waals surface area contributed by atoms with Gasteiger partial charge in [0.2, 0.25) is 5.91 Å². The number of ether oxygens (including phenoxy) is 1. The molecule has 0 aliphatic heterocycles. The van der Waals surface area contributed by atoms with Gasteiger partial charge in [0.1, 0.15) is 0 Å². The molecular formula is C17H25N3O4. The van der Waals surface area contributed by atoms with Crippen molar-refractivity contribution in [2.45, 2.75) is 13.8 Å². The Bertz CT molecular complexity index is 568. The van der Waals surface area contributed by atoms with Gasteiger partial charge in [-0.15, -0.1) is 0 Å². The molecule has 7 nitrogen and oxygen atoms in total. The van der Waals surface area contributed by atoms with E-state index in [4.69, 9.17) is 4.74 Å². The number of hydrogen-bond acceptors (Lipinski definition) is 5. The normalized spacial score (nSPS) is 10.0. The van der Waals surface area contributed by atoms with Crippen molar-refractivity contribution in [3.63, 3.8) is 0 Å². The smallest absolute Gasteiger partial charge is 0.338 e. The molecule has 0 spiro atoms. The molecule has 24 heavy (non-hydrogen) atoms. The first kappa shape index (κ1) is 19.5. The van der Waals surface area contributed by atoms with Gasteiger partial charge in [0.05, 0.1) is 12.1 Å². The average Bonchev–Trinajstić information content (AvgIpc) is 2.60. The lowest BCUT2D eigenvalue weighted by Gasteiger charge is -2.21. The number of benzene rings is 1. The standard InChI is InChI=1S/C17H25N3O4/c1-5-20(6-2)14-9-7-13(8-10-14)17(23)24-12-16(22)19(4)11-15(21)18-3/h7-10H,5-6,11-12H2,1-4H3,(H,18,21). The Morgan fingerprint density at radius 2 is 1.67 bits per heavy atom. The zero-order valence-electron chi connectivity index (χ0n) is 14.7. The zero-order chi connectivity index (χ0) is 18.1. The first-order chi connectivity index (χ1) is 11.4. The molecule has 1 aromatic rings. The molecule has 0 radical (unpaired) electrons. The molecule has 0 aromatic heterocycles. The van der Waals surface area contributed by atoms with Crippen LogP contribution in [0.1, 0.15) is 24.2 Å². The van der Waals surface area contributed by atoms with Gasteiger partial charge in [0.15, 0.2) is 6.61 Å². The Morgan fingerprint density at radius 3 is 2.17 bits per heavy atom. The maximum absolute atomic E-state index is 12.0. The second-order valence-electron chi connectivity index (χ2n) is 5.22. The highest BCUT2D eigenvalue weighted by Gasteiger charge is 2.15. The Balaban J connectivity index is 2.56. The third kappa shape index (κ3) is 5.57. The first-order valence-corrected chi connectivity index (χ1v) is 7.89. The minimum atomic E-state index is -0.567. The van der Waals surface area contributed by atoms with Crippen molar-refractivity contribution in [2.75, 3.05) is 45.2 Å². The number of likely N-dealkylation sites (N-methyl/N-ethyl adjacent to an activating group) is 2. The van der Waals surface area contributed by atoms with Gasteiger partial charge in [-0.1, -0.05) is 0 Å². The van der Waals surface area contributed by atoms with Crippen LogP contribution >= 0.6 is 0 Å². The van der Waals surface area contributed by atoms with E-state index in [1.54, 1.807) is 12.1 Å². The van der Waals surface area contributed by atoms with Crippen molar-refractivity contribution in [1.82, 2.24) is 10.2 Å². The lowest BCUT2D eigenvalue weighted by atomic mass is 10.2. The molecule has 2 amide bonds. The predicted molar refractivity (Wildman–Crippen MR) is 92.0 cm³/mol. The molecular weight excluding hydrogens is 310 g/mol. The number of esters is 1. The second-order valence-corrected chi connectivity index (χ2v) is 5.22. The maximum atomic E-state index is 12.0. The van der Waals surface area contributed by atoms with Crippen LogP contribution in [0.2, 0.25) is 0 Å². The van der Waals surface area contributed by atoms with Gasteiger partial charge in [-0.3, -0.25) is 9.59 Å². The minimum absolute atomic E-state index is 0.0779. The summed E-state index contributed by atoms with van der Waals surface area (Å²) < 4.78 is 5.00. The van der Waals surface area contributed by atoms with Crippen molar-refractivity contribution in [1.29, 1.82) is 0 Å². The molecule has 1 N–H and O–H groups in total. The van der Waals surface area contributed by atoms with Crippen molar-refractivity contribution in [2.24, 2.45) is 0 Å². The van der Waals surface area contributed by atoms with Gasteiger partial charge in [-0.2, -0.15) is 0 Å². The van der Waals surface area contributed by atoms with E-state index in [0.29, 0.717) is 5.56 Å². The molecule has 0 atom stereocenters. The summed E-state index contributed by atoms with van der Waals surface area (Å²) in [5.74, 6) is -1.29. The van der Waals surface area contributed by atoms with Gasteiger partial charge in [-0.05, 0) is 38.1 Å². The highest BCUT2D eigenvalue weighted by Crippen LogP contribution is 2.15. The minimum Gasteiger partial charge on any atom is -0.452 e. The first-order valence-electron chi connectivity index (χ1n) is 7.89. The molecule has 0 fully saturated rings. The van der Waals surface area contributed by atoms with Gasteiger partial charge in [0, 0.05) is 32.9 Å². The highest BCUT2D eigenvalue weighted by molar-refractivity contribution is 5.92. The molecule has 0 saturated carbocycles. The van der Waals surface area contributed by atoms with Crippen LogP contribution < -0.4 is 10.2 Å². The molecule has 0 unspecified atom stereocenters. The van der Waals surface area contributed by atoms with Crippen LogP contribution in [0.4, 0.5) is 5.69 Å². The SMILES string of the molecule is CCN(CC)c1ccc(C(=O)OCC(=O)N(C)CC(=O)NC)cc1. The lowest BCUT2D eigenvalue weighted by Crippen LogP contribution is -2.39. The fraction of sp³-hybridized carbons (Fsp3) is 0.471. The summed E-state index contributed by atoms with van der Waals surface area (Å²) in [4.78, 5) is 38.4. The number of carbonyl (C=O) groups excluding carboxylic acids is 3. The lowest BCUT2D eigenvalue weighted by molar-refractivity contribution is -0.137. The number of hydrogen-bond donors (Lipinski definition) is 1. The van der Waals surface area contributed by atoms with Crippen molar-refractivity contribution in [3.05, 3.63) is 29.8 Å². The molecule has 0 aliphatic carbocycles. The molecule has 7 heteroatoms. The van der Waals surface area contributed by atoms with Crippen LogP contribution in [0.25, 0.3) is 0 Å². The van der Waals surface area contributed by atoms with E-state index in [2.05, 4.69) is 24.1 Å². The van der Waals surface area contributed by atoms with Crippen LogP contribution in [0.15, 0.2) is 24.3 Å². The summed E-state index contributed by atoms with van der Waals surface area (Å²) in [7, 11) is 2.97. The van der Waals surface area contributed by atoms with E-state index in [1.807, 2.05) is 12.1 Å². The van der Waals surface area contributed by atoms with Crippen LogP contribution in [-0.4, -0.2) is 63.0 Å². The monoisotopic (exact) mass is 335 g/mol. The van der Waals surface area contributed by atoms with Gasteiger partial charge >= 0.3 is 5.97 Å². The fourth-order valence-corrected chi connectivity index (χ4v) is 2.10. The van der Waals surface area contributed by atoms with Crippen LogP contribution in [0.3, 0.4) is 0 Å². The Morgan fingerprint density at radius 1 is 1.08 bits per heavy atom. The van der Waals surface area contributed by atoms with E-state index < -0.39 is 18.5 Å². The van der Waals surface area contributed by atoms with Crippen LogP contribution in [0.5, 0.6) is 0 Å². The maximum Gasteiger partial charge on any atom is 0.338 e. The van der Waals surface area contributed by atoms with E-state index >= 15 is 0 Å². The average molecular weight is 335 g/mol. The number of amides is 2. The summed E-state index contributed by atoms with van der Waals surface area (Å²) in [5, 5.41) is 2.42. The highest BCUT2D eigenvalue weighted by atomic mass is 16.5. The molecule has 132 valence electrons. The topological polar surface area (TPSA) is 79.0 Å². The fourth-order valence-electron chi connectivity index (χ4n) is 2.10. The molecule has 1 aromatic carbocycles. The Kier molecular flexibility index (Phi) is 7.74. The van der Waals surface area contributed by atoms with Crippen LogP contribution in [0, 0.1) is 0 Å². The summed E-state index contributed by atoms with van der Waals surface area (Å²) in [6.45, 7) is 5.41. The number of anilines is 1. The molecule has 0 aliphatic rings. The van der Waals surface area contributed by atoms with Crippen molar-refractivity contribution < 1.29 is 19.1 Å². The largest absolute Gasteiger partial charge is 0.452 e. The number of carbonyl (C=O) groups is 3. The van der Waals surface area contributed by atoms with Gasteiger partial charge in [0.25, 0.3) is 5.91 Å². The number of rotatable bonds is 8. The molecule has 0 saturated heterocycles. The Hall–Kier alpha value is -2.57. The summed E-state index contributed by atoms with van der Waals surface area (Å²) >= 11 is 0. The summed E-state index contributed by atoms with van der Waals surface area (Å²) in [6.07, 6.45) is 0.